The first-order chi connectivity index (χ1) is 12.1. The minimum absolute atomic E-state index is 0.0664. The monoisotopic (exact) mass is 343 g/mol. The zero-order valence-electron chi connectivity index (χ0n) is 14.7. The van der Waals surface area contributed by atoms with Crippen molar-refractivity contribution in [1.82, 2.24) is 0 Å². The van der Waals surface area contributed by atoms with Gasteiger partial charge in [0, 0.05) is 19.1 Å². The molecule has 0 N–H and O–H groups in total. The Balaban J connectivity index is 1.86. The molecular weight excluding hydrogens is 318 g/mol. The van der Waals surface area contributed by atoms with Gasteiger partial charge >= 0.3 is 5.97 Å². The molecule has 0 radical (unpaired) electrons. The molecule has 1 saturated carbocycles. The summed E-state index contributed by atoms with van der Waals surface area (Å²) in [5.41, 5.74) is 1.07. The summed E-state index contributed by atoms with van der Waals surface area (Å²) in [5.74, 6) is -1.20. The van der Waals surface area contributed by atoms with Crippen LogP contribution in [0, 0.1) is 5.92 Å². The number of carbonyl (C=O) groups excluding carboxylic acids is 3. The van der Waals surface area contributed by atoms with E-state index in [4.69, 9.17) is 4.74 Å². The van der Waals surface area contributed by atoms with Crippen LogP contribution in [-0.2, 0) is 14.3 Å². The molecule has 134 valence electrons. The number of ether oxygens (including phenoxy) is 1. The molecular formula is C20H25NO4. The fourth-order valence-electron chi connectivity index (χ4n) is 2.71. The summed E-state index contributed by atoms with van der Waals surface area (Å²) in [4.78, 5) is 39.7. The van der Waals surface area contributed by atoms with Gasteiger partial charge in [-0.2, -0.15) is 0 Å². The molecule has 0 heterocycles. The van der Waals surface area contributed by atoms with Crippen LogP contribution in [0.3, 0.4) is 0 Å². The average Bonchev–Trinajstić information content (AvgIpc) is 2.61. The van der Waals surface area contributed by atoms with Crippen LogP contribution in [0.5, 0.6) is 0 Å². The predicted molar refractivity (Wildman–Crippen MR) is 96.4 cm³/mol. The van der Waals surface area contributed by atoms with E-state index in [1.54, 1.807) is 24.3 Å². The van der Waals surface area contributed by atoms with Crippen LogP contribution in [0.1, 0.15) is 62.2 Å². The number of nitrogens with zero attached hydrogens (tertiary/aromatic N) is 1. The Labute approximate surface area is 148 Å². The molecule has 0 saturated heterocycles. The maximum atomic E-state index is 11.9. The minimum atomic E-state index is -0.721. The summed E-state index contributed by atoms with van der Waals surface area (Å²) in [7, 11) is 0. The van der Waals surface area contributed by atoms with Gasteiger partial charge in [-0.1, -0.05) is 26.2 Å². The quantitative estimate of drug-likeness (QED) is 0.309. The first-order valence-electron chi connectivity index (χ1n) is 8.98. The molecule has 1 aromatic rings. The number of unbranched alkanes of at least 4 members (excludes halogenated alkanes) is 3. The molecule has 1 fully saturated rings. The van der Waals surface area contributed by atoms with Gasteiger partial charge in [0.15, 0.2) is 0 Å². The second kappa shape index (κ2) is 9.87. The van der Waals surface area contributed by atoms with Crippen molar-refractivity contribution in [3.8, 4) is 0 Å². The van der Waals surface area contributed by atoms with Gasteiger partial charge in [-0.05, 0) is 37.1 Å². The third-order valence-electron chi connectivity index (χ3n) is 4.25. The highest BCUT2D eigenvalue weighted by atomic mass is 16.5. The second-order valence-electron chi connectivity index (χ2n) is 6.29. The lowest BCUT2D eigenvalue weighted by molar-refractivity contribution is -0.132. The normalized spacial score (nSPS) is 15.7. The summed E-state index contributed by atoms with van der Waals surface area (Å²) in [6.45, 7) is 2.57. The smallest absolute Gasteiger partial charge is 0.338 e. The number of hydrogen-bond acceptors (Lipinski definition) is 5. The highest BCUT2D eigenvalue weighted by Gasteiger charge is 2.28. The van der Waals surface area contributed by atoms with E-state index in [2.05, 4.69) is 11.9 Å². The second-order valence-corrected chi connectivity index (χ2v) is 6.29. The standard InChI is InChI=1S/C20H25NO4/c1-2-3-4-5-13-25-20(24)15-9-11-16(12-10-15)21-14-17-18(22)7-6-8-19(17)23/h9-12,14,17H,2-8,13H2,1H3. The highest BCUT2D eigenvalue weighted by Crippen LogP contribution is 2.18. The van der Waals surface area contributed by atoms with E-state index in [0.717, 1.165) is 25.7 Å². The minimum Gasteiger partial charge on any atom is -0.462 e. The molecule has 0 aromatic heterocycles. The van der Waals surface area contributed by atoms with Gasteiger partial charge in [-0.15, -0.1) is 0 Å². The Morgan fingerprint density at radius 2 is 1.80 bits per heavy atom. The van der Waals surface area contributed by atoms with Gasteiger partial charge in [0.1, 0.15) is 17.5 Å². The number of benzene rings is 1. The summed E-state index contributed by atoms with van der Waals surface area (Å²) < 4.78 is 5.23. The Morgan fingerprint density at radius 3 is 2.44 bits per heavy atom. The van der Waals surface area contributed by atoms with Crippen LogP contribution < -0.4 is 0 Å². The van der Waals surface area contributed by atoms with Crippen molar-refractivity contribution >= 4 is 29.4 Å². The summed E-state index contributed by atoms with van der Waals surface area (Å²) in [5, 5.41) is 0. The Kier molecular flexibility index (Phi) is 7.51. The lowest BCUT2D eigenvalue weighted by atomic mass is 9.87. The van der Waals surface area contributed by atoms with E-state index in [1.807, 2.05) is 0 Å². The summed E-state index contributed by atoms with van der Waals surface area (Å²) in [6, 6.07) is 6.65. The number of rotatable bonds is 8. The van der Waals surface area contributed by atoms with Crippen molar-refractivity contribution < 1.29 is 19.1 Å². The molecule has 0 atom stereocenters. The number of hydrogen-bond donors (Lipinski definition) is 0. The molecule has 5 heteroatoms. The molecule has 2 rings (SSSR count). The van der Waals surface area contributed by atoms with Crippen molar-refractivity contribution in [2.24, 2.45) is 10.9 Å². The molecule has 1 aromatic carbocycles. The van der Waals surface area contributed by atoms with E-state index < -0.39 is 5.92 Å². The molecule has 1 aliphatic carbocycles. The van der Waals surface area contributed by atoms with Gasteiger partial charge in [-0.3, -0.25) is 14.6 Å². The SMILES string of the molecule is CCCCCCOC(=O)c1ccc(N=CC2C(=O)CCCC2=O)cc1. The number of esters is 1. The maximum absolute atomic E-state index is 11.9. The van der Waals surface area contributed by atoms with Crippen molar-refractivity contribution in [1.29, 1.82) is 0 Å². The van der Waals surface area contributed by atoms with Crippen molar-refractivity contribution in [2.75, 3.05) is 6.61 Å². The van der Waals surface area contributed by atoms with E-state index in [0.29, 0.717) is 37.1 Å². The van der Waals surface area contributed by atoms with Gasteiger partial charge in [0.25, 0.3) is 0 Å². The van der Waals surface area contributed by atoms with Crippen molar-refractivity contribution in [3.05, 3.63) is 29.8 Å². The van der Waals surface area contributed by atoms with Crippen LogP contribution >= 0.6 is 0 Å². The lowest BCUT2D eigenvalue weighted by Crippen LogP contribution is -2.29. The molecule has 0 spiro atoms. The maximum Gasteiger partial charge on any atom is 0.338 e. The van der Waals surface area contributed by atoms with Crippen LogP contribution in [0.25, 0.3) is 0 Å². The van der Waals surface area contributed by atoms with Crippen LogP contribution in [0.2, 0.25) is 0 Å². The van der Waals surface area contributed by atoms with E-state index in [1.165, 1.54) is 6.21 Å². The van der Waals surface area contributed by atoms with E-state index in [-0.39, 0.29) is 17.5 Å². The number of ketones is 2. The van der Waals surface area contributed by atoms with Gasteiger partial charge in [0.2, 0.25) is 0 Å². The Bertz CT molecular complexity index is 618. The van der Waals surface area contributed by atoms with E-state index >= 15 is 0 Å². The topological polar surface area (TPSA) is 72.8 Å². The highest BCUT2D eigenvalue weighted by molar-refractivity contribution is 6.16. The third kappa shape index (κ3) is 5.93. The van der Waals surface area contributed by atoms with E-state index in [9.17, 15) is 14.4 Å². The number of Topliss-reactive ketones (excluding diaryl/α,β-unsaturated/α-hetero) is 2. The first-order valence-corrected chi connectivity index (χ1v) is 8.98. The number of carbonyl (C=O) groups is 3. The lowest BCUT2D eigenvalue weighted by Gasteiger charge is -2.14. The average molecular weight is 343 g/mol. The molecule has 25 heavy (non-hydrogen) atoms. The zero-order valence-corrected chi connectivity index (χ0v) is 14.7. The Morgan fingerprint density at radius 1 is 1.12 bits per heavy atom. The summed E-state index contributed by atoms with van der Waals surface area (Å²) >= 11 is 0. The van der Waals surface area contributed by atoms with Crippen LogP contribution in [0.4, 0.5) is 5.69 Å². The number of aliphatic imine (C=N–C) groups is 1. The molecule has 0 aliphatic heterocycles. The molecule has 0 amide bonds. The first kappa shape index (κ1) is 19.0. The molecule has 5 nitrogen and oxygen atoms in total. The molecule has 1 aliphatic rings. The fourth-order valence-corrected chi connectivity index (χ4v) is 2.71. The van der Waals surface area contributed by atoms with Gasteiger partial charge in [0.05, 0.1) is 17.9 Å². The van der Waals surface area contributed by atoms with Gasteiger partial charge < -0.3 is 4.74 Å². The molecule has 0 unspecified atom stereocenters. The molecule has 0 bridgehead atoms. The zero-order chi connectivity index (χ0) is 18.1. The Hall–Kier alpha value is -2.30. The summed E-state index contributed by atoms with van der Waals surface area (Å²) in [6.07, 6.45) is 7.17. The predicted octanol–water partition coefficient (Wildman–Crippen LogP) is 4.06. The fraction of sp³-hybridized carbons (Fsp3) is 0.500. The van der Waals surface area contributed by atoms with Crippen LogP contribution in [-0.4, -0.2) is 30.4 Å². The largest absolute Gasteiger partial charge is 0.462 e. The third-order valence-corrected chi connectivity index (χ3v) is 4.25. The van der Waals surface area contributed by atoms with Crippen LogP contribution in [0.15, 0.2) is 29.3 Å². The van der Waals surface area contributed by atoms with Gasteiger partial charge in [-0.25, -0.2) is 4.79 Å². The van der Waals surface area contributed by atoms with Crippen molar-refractivity contribution in [3.63, 3.8) is 0 Å². The van der Waals surface area contributed by atoms with Crippen molar-refractivity contribution in [2.45, 2.75) is 51.9 Å².